The van der Waals surface area contributed by atoms with Gasteiger partial charge in [-0.3, -0.25) is 0 Å². The molecule has 1 heterocycles. The van der Waals surface area contributed by atoms with Gasteiger partial charge in [0.15, 0.2) is 0 Å². The molecule has 1 N–H and O–H groups in total. The van der Waals surface area contributed by atoms with Crippen molar-refractivity contribution in [1.82, 2.24) is 4.90 Å². The number of hydrogen-bond acceptors (Lipinski definition) is 2. The van der Waals surface area contributed by atoms with Crippen LogP contribution in [0, 0.1) is 23.7 Å². The summed E-state index contributed by atoms with van der Waals surface area (Å²) in [5.74, 6) is 1.43. The molecule has 2 rings (SSSR count). The van der Waals surface area contributed by atoms with Crippen molar-refractivity contribution in [2.24, 2.45) is 23.7 Å². The van der Waals surface area contributed by atoms with Gasteiger partial charge in [-0.25, -0.2) is 4.79 Å². The summed E-state index contributed by atoms with van der Waals surface area (Å²) >= 11 is 0. The Hall–Kier alpha value is -0.830. The monoisotopic (exact) mass is 237 g/mol. The van der Waals surface area contributed by atoms with Gasteiger partial charge in [0, 0.05) is 18.7 Å². The molecule has 0 aromatic rings. The molecule has 0 radical (unpaired) electrons. The molecule has 0 spiro atoms. The zero-order valence-corrected chi connectivity index (χ0v) is 11.2. The predicted octanol–water partition coefficient (Wildman–Crippen LogP) is 2.24. The second-order valence-electron chi connectivity index (χ2n) is 5.75. The Balaban J connectivity index is 2.46. The Bertz CT molecular complexity index is 341. The van der Waals surface area contributed by atoms with E-state index in [1.807, 2.05) is 6.92 Å². The Morgan fingerprint density at radius 3 is 2.12 bits per heavy atom. The van der Waals surface area contributed by atoms with Crippen molar-refractivity contribution in [1.29, 1.82) is 0 Å². The quantitative estimate of drug-likeness (QED) is 0.749. The topological polar surface area (TPSA) is 40.5 Å². The summed E-state index contributed by atoms with van der Waals surface area (Å²) in [4.78, 5) is 13.7. The summed E-state index contributed by atoms with van der Waals surface area (Å²) in [6.07, 6.45) is 0.654. The van der Waals surface area contributed by atoms with Crippen LogP contribution in [-0.2, 0) is 4.79 Å². The van der Waals surface area contributed by atoms with Crippen molar-refractivity contribution in [3.05, 3.63) is 11.1 Å². The third-order valence-electron chi connectivity index (χ3n) is 4.87. The number of carboxylic acid groups (broad SMARTS) is 1. The molecule has 3 heteroatoms. The van der Waals surface area contributed by atoms with Gasteiger partial charge in [0.05, 0.1) is 0 Å². The van der Waals surface area contributed by atoms with E-state index in [1.165, 1.54) is 5.57 Å². The number of likely N-dealkylation sites (tertiary alicyclic amines) is 1. The van der Waals surface area contributed by atoms with Gasteiger partial charge in [-0.05, 0) is 37.1 Å². The molecule has 1 aliphatic heterocycles. The predicted molar refractivity (Wildman–Crippen MR) is 67.8 cm³/mol. The number of hydrogen-bond donors (Lipinski definition) is 1. The molecule has 1 aliphatic carbocycles. The van der Waals surface area contributed by atoms with Gasteiger partial charge < -0.3 is 10.0 Å². The van der Waals surface area contributed by atoms with Crippen molar-refractivity contribution < 1.29 is 9.90 Å². The molecule has 0 amide bonds. The molecule has 2 bridgehead atoms. The van der Waals surface area contributed by atoms with Crippen LogP contribution in [-0.4, -0.2) is 36.1 Å². The summed E-state index contributed by atoms with van der Waals surface area (Å²) in [5, 5.41) is 9.36. The Labute approximate surface area is 103 Å². The summed E-state index contributed by atoms with van der Waals surface area (Å²) in [5.41, 5.74) is 1.95. The molecule has 0 aromatic carbocycles. The lowest BCUT2D eigenvalue weighted by molar-refractivity contribution is -0.132. The van der Waals surface area contributed by atoms with Gasteiger partial charge in [-0.2, -0.15) is 0 Å². The number of piperidine rings is 1. The average molecular weight is 237 g/mol. The highest BCUT2D eigenvalue weighted by Crippen LogP contribution is 2.50. The largest absolute Gasteiger partial charge is 0.478 e. The second-order valence-corrected chi connectivity index (χ2v) is 5.75. The van der Waals surface area contributed by atoms with E-state index in [0.717, 1.165) is 13.1 Å². The average Bonchev–Trinajstić information content (AvgIpc) is 2.42. The lowest BCUT2D eigenvalue weighted by atomic mass is 9.85. The van der Waals surface area contributed by atoms with Crippen molar-refractivity contribution >= 4 is 5.97 Å². The van der Waals surface area contributed by atoms with Crippen LogP contribution in [0.1, 0.15) is 27.2 Å². The van der Waals surface area contributed by atoms with Gasteiger partial charge in [-0.1, -0.05) is 26.3 Å². The fourth-order valence-electron chi connectivity index (χ4n) is 3.78. The highest BCUT2D eigenvalue weighted by Gasteiger charge is 2.47. The van der Waals surface area contributed by atoms with Crippen LogP contribution >= 0.6 is 0 Å². The molecule has 4 unspecified atom stereocenters. The highest BCUT2D eigenvalue weighted by atomic mass is 16.4. The lowest BCUT2D eigenvalue weighted by Crippen LogP contribution is -2.37. The lowest BCUT2D eigenvalue weighted by Gasteiger charge is -2.33. The number of rotatable bonds is 2. The fourth-order valence-corrected chi connectivity index (χ4v) is 3.78. The number of fused-ring (bicyclic) bond motifs is 2. The zero-order chi connectivity index (χ0) is 12.7. The summed E-state index contributed by atoms with van der Waals surface area (Å²) in [6.45, 7) is 8.57. The van der Waals surface area contributed by atoms with E-state index >= 15 is 0 Å². The fraction of sp³-hybridized carbons (Fsp3) is 0.786. The summed E-state index contributed by atoms with van der Waals surface area (Å²) in [7, 11) is 2.15. The third kappa shape index (κ3) is 1.90. The van der Waals surface area contributed by atoms with Crippen LogP contribution < -0.4 is 0 Å². The normalized spacial score (nSPS) is 37.3. The number of aliphatic carboxylic acids is 1. The summed E-state index contributed by atoms with van der Waals surface area (Å²) < 4.78 is 0. The number of carboxylic acids is 1. The van der Waals surface area contributed by atoms with Crippen LogP contribution in [0.2, 0.25) is 0 Å². The molecular formula is C14H23NO2. The van der Waals surface area contributed by atoms with Crippen LogP contribution in [0.5, 0.6) is 0 Å². The maximum atomic E-state index is 11.4. The van der Waals surface area contributed by atoms with Crippen molar-refractivity contribution in [2.45, 2.75) is 27.2 Å². The van der Waals surface area contributed by atoms with Crippen LogP contribution in [0.15, 0.2) is 11.1 Å². The van der Waals surface area contributed by atoms with Crippen LogP contribution in [0.3, 0.4) is 0 Å². The third-order valence-corrected chi connectivity index (χ3v) is 4.87. The Kier molecular flexibility index (Phi) is 3.30. The van der Waals surface area contributed by atoms with Crippen LogP contribution in [0.4, 0.5) is 0 Å². The zero-order valence-electron chi connectivity index (χ0n) is 11.2. The van der Waals surface area contributed by atoms with Crippen LogP contribution in [0.25, 0.3) is 0 Å². The van der Waals surface area contributed by atoms with Crippen molar-refractivity contribution in [3.8, 4) is 0 Å². The molecule has 17 heavy (non-hydrogen) atoms. The minimum atomic E-state index is -0.705. The van der Waals surface area contributed by atoms with E-state index in [-0.39, 0.29) is 0 Å². The Morgan fingerprint density at radius 1 is 1.29 bits per heavy atom. The SMILES string of the molecule is CCC(C(=O)O)=C1C2CN(C)CC1C(C)C2C. The maximum Gasteiger partial charge on any atom is 0.331 e. The summed E-state index contributed by atoms with van der Waals surface area (Å²) in [6, 6.07) is 0. The molecule has 3 nitrogen and oxygen atoms in total. The van der Waals surface area contributed by atoms with E-state index in [9.17, 15) is 9.90 Å². The van der Waals surface area contributed by atoms with E-state index in [2.05, 4.69) is 25.8 Å². The smallest absolute Gasteiger partial charge is 0.331 e. The minimum Gasteiger partial charge on any atom is -0.478 e. The van der Waals surface area contributed by atoms with E-state index in [4.69, 9.17) is 0 Å². The van der Waals surface area contributed by atoms with Crippen molar-refractivity contribution in [2.75, 3.05) is 20.1 Å². The first-order valence-electron chi connectivity index (χ1n) is 6.62. The standard InChI is InChI=1S/C14H23NO2/c1-5-10(14(16)17)13-11-6-15(4)7-12(13)9(3)8(11)2/h8-9,11-12H,5-7H2,1-4H3,(H,16,17). The van der Waals surface area contributed by atoms with Gasteiger partial charge in [0.2, 0.25) is 0 Å². The van der Waals surface area contributed by atoms with Gasteiger partial charge in [-0.15, -0.1) is 0 Å². The van der Waals surface area contributed by atoms with Gasteiger partial charge in [0.1, 0.15) is 0 Å². The van der Waals surface area contributed by atoms with Crippen molar-refractivity contribution in [3.63, 3.8) is 0 Å². The number of carbonyl (C=O) groups is 1. The maximum absolute atomic E-state index is 11.4. The molecular weight excluding hydrogens is 214 g/mol. The molecule has 0 aromatic heterocycles. The Morgan fingerprint density at radius 2 is 1.76 bits per heavy atom. The molecule has 1 saturated carbocycles. The van der Waals surface area contributed by atoms with Gasteiger partial charge >= 0.3 is 5.97 Å². The molecule has 2 aliphatic rings. The highest BCUT2D eigenvalue weighted by molar-refractivity contribution is 5.87. The van der Waals surface area contributed by atoms with E-state index in [1.54, 1.807) is 0 Å². The first-order valence-corrected chi connectivity index (χ1v) is 6.62. The van der Waals surface area contributed by atoms with Gasteiger partial charge in [0.25, 0.3) is 0 Å². The number of nitrogens with zero attached hydrogens (tertiary/aromatic N) is 1. The minimum absolute atomic E-state index is 0.458. The first-order chi connectivity index (χ1) is 7.97. The first kappa shape index (κ1) is 12.6. The molecule has 96 valence electrons. The molecule has 2 fully saturated rings. The molecule has 4 atom stereocenters. The molecule has 1 saturated heterocycles. The van der Waals surface area contributed by atoms with E-state index < -0.39 is 5.97 Å². The van der Waals surface area contributed by atoms with E-state index in [0.29, 0.717) is 35.7 Å². The second kappa shape index (κ2) is 4.45.